The lowest BCUT2D eigenvalue weighted by molar-refractivity contribution is 0.0696. The monoisotopic (exact) mass is 312 g/mol. The van der Waals surface area contributed by atoms with Crippen LogP contribution in [-0.2, 0) is 9.84 Å². The third-order valence-corrected chi connectivity index (χ3v) is 5.05. The van der Waals surface area contributed by atoms with Crippen LogP contribution in [0.15, 0.2) is 18.2 Å². The van der Waals surface area contributed by atoms with Crippen LogP contribution in [0.4, 0.5) is 10.5 Å². The summed E-state index contributed by atoms with van der Waals surface area (Å²) in [6.07, 6.45) is 0.409. The number of anilines is 1. The summed E-state index contributed by atoms with van der Waals surface area (Å²) in [5.74, 6) is -0.985. The molecule has 2 amide bonds. The molecule has 1 fully saturated rings. The maximum Gasteiger partial charge on any atom is 0.335 e. The van der Waals surface area contributed by atoms with Gasteiger partial charge < -0.3 is 15.7 Å². The molecule has 0 saturated carbocycles. The summed E-state index contributed by atoms with van der Waals surface area (Å²) in [7, 11) is -3.04. The van der Waals surface area contributed by atoms with Crippen LogP contribution < -0.4 is 10.6 Å². The van der Waals surface area contributed by atoms with Gasteiger partial charge in [0.1, 0.15) is 0 Å². The van der Waals surface area contributed by atoms with Crippen molar-refractivity contribution in [1.29, 1.82) is 0 Å². The number of carboxylic acid groups (broad SMARTS) is 1. The first-order valence-electron chi connectivity index (χ1n) is 6.39. The number of hydrogen-bond donors (Lipinski definition) is 3. The molecule has 0 aromatic heterocycles. The lowest BCUT2D eigenvalue weighted by Gasteiger charge is -2.12. The fourth-order valence-electron chi connectivity index (χ4n) is 2.24. The molecular weight excluding hydrogens is 296 g/mol. The molecule has 21 heavy (non-hydrogen) atoms. The maximum atomic E-state index is 11.8. The van der Waals surface area contributed by atoms with Crippen molar-refractivity contribution in [3.05, 3.63) is 29.3 Å². The van der Waals surface area contributed by atoms with E-state index >= 15 is 0 Å². The third kappa shape index (κ3) is 3.94. The first-order valence-corrected chi connectivity index (χ1v) is 8.21. The van der Waals surface area contributed by atoms with Gasteiger partial charge in [-0.1, -0.05) is 0 Å². The van der Waals surface area contributed by atoms with Crippen molar-refractivity contribution in [2.45, 2.75) is 19.4 Å². The van der Waals surface area contributed by atoms with Crippen molar-refractivity contribution < 1.29 is 23.1 Å². The van der Waals surface area contributed by atoms with Gasteiger partial charge in [-0.05, 0) is 37.1 Å². The number of nitrogens with one attached hydrogen (secondary N) is 2. The molecule has 3 N–H and O–H groups in total. The third-order valence-electron chi connectivity index (χ3n) is 3.28. The number of aromatic carboxylic acids is 1. The minimum absolute atomic E-state index is 0.0442. The number of aryl methyl sites for hydroxylation is 1. The molecular formula is C13H16N2O5S. The lowest BCUT2D eigenvalue weighted by atomic mass is 10.1. The minimum atomic E-state index is -3.04. The van der Waals surface area contributed by atoms with Crippen LogP contribution in [0.5, 0.6) is 0 Å². The van der Waals surface area contributed by atoms with Crippen LogP contribution >= 0.6 is 0 Å². The van der Waals surface area contributed by atoms with E-state index in [4.69, 9.17) is 5.11 Å². The molecule has 0 radical (unpaired) electrons. The molecule has 7 nitrogen and oxygen atoms in total. The van der Waals surface area contributed by atoms with E-state index in [2.05, 4.69) is 10.6 Å². The summed E-state index contributed by atoms with van der Waals surface area (Å²) in [5, 5.41) is 14.1. The van der Waals surface area contributed by atoms with Gasteiger partial charge in [0.05, 0.1) is 17.1 Å². The van der Waals surface area contributed by atoms with Gasteiger partial charge in [-0.15, -0.1) is 0 Å². The summed E-state index contributed by atoms with van der Waals surface area (Å²) in [5.41, 5.74) is 1.16. The Bertz CT molecular complexity index is 684. The largest absolute Gasteiger partial charge is 0.478 e. The number of rotatable bonds is 3. The second-order valence-electron chi connectivity index (χ2n) is 5.03. The van der Waals surface area contributed by atoms with E-state index in [0.29, 0.717) is 17.7 Å². The van der Waals surface area contributed by atoms with E-state index in [1.165, 1.54) is 12.1 Å². The lowest BCUT2D eigenvalue weighted by Crippen LogP contribution is -2.38. The van der Waals surface area contributed by atoms with Crippen LogP contribution in [0.2, 0.25) is 0 Å². The van der Waals surface area contributed by atoms with Gasteiger partial charge in [0, 0.05) is 11.7 Å². The topological polar surface area (TPSA) is 113 Å². The molecule has 1 unspecified atom stereocenters. The predicted molar refractivity (Wildman–Crippen MR) is 77.4 cm³/mol. The average Bonchev–Trinajstić information content (AvgIpc) is 2.67. The van der Waals surface area contributed by atoms with Gasteiger partial charge in [-0.3, -0.25) is 0 Å². The Morgan fingerprint density at radius 3 is 2.57 bits per heavy atom. The Morgan fingerprint density at radius 2 is 2.05 bits per heavy atom. The molecule has 1 aromatic rings. The maximum absolute atomic E-state index is 11.8. The van der Waals surface area contributed by atoms with Crippen LogP contribution in [0.1, 0.15) is 22.3 Å². The molecule has 2 rings (SSSR count). The fraction of sp³-hybridized carbons (Fsp3) is 0.385. The van der Waals surface area contributed by atoms with Crippen molar-refractivity contribution in [1.82, 2.24) is 5.32 Å². The van der Waals surface area contributed by atoms with E-state index < -0.39 is 21.8 Å². The van der Waals surface area contributed by atoms with Gasteiger partial charge in [0.2, 0.25) is 0 Å². The SMILES string of the molecule is Cc1cc(NC(=O)NC2CCS(=O)(=O)C2)ccc1C(=O)O. The molecule has 1 aliphatic heterocycles. The summed E-state index contributed by atoms with van der Waals surface area (Å²) < 4.78 is 22.6. The highest BCUT2D eigenvalue weighted by Gasteiger charge is 2.28. The number of carbonyl (C=O) groups excluding carboxylic acids is 1. The van der Waals surface area contributed by atoms with E-state index in [0.717, 1.165) is 0 Å². The number of benzene rings is 1. The number of sulfone groups is 1. The Labute approximate surface area is 122 Å². The molecule has 0 bridgehead atoms. The standard InChI is InChI=1S/C13H16N2O5S/c1-8-6-9(2-3-11(8)12(16)17)14-13(18)15-10-4-5-21(19,20)7-10/h2-3,6,10H,4-5,7H2,1H3,(H,16,17)(H2,14,15,18). The van der Waals surface area contributed by atoms with Crippen LogP contribution in [0, 0.1) is 6.92 Å². The molecule has 1 heterocycles. The van der Waals surface area contributed by atoms with E-state index in [-0.39, 0.29) is 23.1 Å². The predicted octanol–water partition coefficient (Wildman–Crippen LogP) is 1.00. The smallest absolute Gasteiger partial charge is 0.335 e. The van der Waals surface area contributed by atoms with Gasteiger partial charge in [0.25, 0.3) is 0 Å². The van der Waals surface area contributed by atoms with Crippen molar-refractivity contribution in [2.75, 3.05) is 16.8 Å². The molecule has 0 aliphatic carbocycles. The highest BCUT2D eigenvalue weighted by atomic mass is 32.2. The summed E-state index contributed by atoms with van der Waals surface area (Å²) in [6.45, 7) is 1.64. The first kappa shape index (κ1) is 15.3. The highest BCUT2D eigenvalue weighted by molar-refractivity contribution is 7.91. The molecule has 0 spiro atoms. The second-order valence-corrected chi connectivity index (χ2v) is 7.26. The number of urea groups is 1. The fourth-order valence-corrected chi connectivity index (χ4v) is 3.92. The Hall–Kier alpha value is -2.09. The van der Waals surface area contributed by atoms with Crippen LogP contribution in [0.3, 0.4) is 0 Å². The van der Waals surface area contributed by atoms with Crippen molar-refractivity contribution >= 4 is 27.5 Å². The molecule has 1 aromatic carbocycles. The number of hydrogen-bond acceptors (Lipinski definition) is 4. The number of amides is 2. The van der Waals surface area contributed by atoms with E-state index in [1.807, 2.05) is 0 Å². The van der Waals surface area contributed by atoms with Gasteiger partial charge in [0.15, 0.2) is 9.84 Å². The normalized spacial score (nSPS) is 20.0. The van der Waals surface area contributed by atoms with E-state index in [1.54, 1.807) is 13.0 Å². The average molecular weight is 312 g/mol. The van der Waals surface area contributed by atoms with Gasteiger partial charge >= 0.3 is 12.0 Å². The number of carbonyl (C=O) groups is 2. The zero-order valence-electron chi connectivity index (χ0n) is 11.4. The summed E-state index contributed by atoms with van der Waals surface area (Å²) >= 11 is 0. The summed E-state index contributed by atoms with van der Waals surface area (Å²) in [6, 6.07) is 3.57. The Balaban J connectivity index is 1.97. The molecule has 1 aliphatic rings. The highest BCUT2D eigenvalue weighted by Crippen LogP contribution is 2.16. The second kappa shape index (κ2) is 5.72. The van der Waals surface area contributed by atoms with E-state index in [9.17, 15) is 18.0 Å². The van der Waals surface area contributed by atoms with Gasteiger partial charge in [-0.2, -0.15) is 0 Å². The van der Waals surface area contributed by atoms with Crippen LogP contribution in [-0.4, -0.2) is 43.1 Å². The zero-order chi connectivity index (χ0) is 15.6. The number of carboxylic acids is 1. The molecule has 8 heteroatoms. The Morgan fingerprint density at radius 1 is 1.33 bits per heavy atom. The minimum Gasteiger partial charge on any atom is -0.478 e. The van der Waals surface area contributed by atoms with Crippen molar-refractivity contribution in [2.24, 2.45) is 0 Å². The van der Waals surface area contributed by atoms with Crippen LogP contribution in [0.25, 0.3) is 0 Å². The molecule has 114 valence electrons. The molecule has 1 atom stereocenters. The van der Waals surface area contributed by atoms with Crippen molar-refractivity contribution in [3.8, 4) is 0 Å². The summed E-state index contributed by atoms with van der Waals surface area (Å²) in [4.78, 5) is 22.7. The zero-order valence-corrected chi connectivity index (χ0v) is 12.2. The van der Waals surface area contributed by atoms with Gasteiger partial charge in [-0.25, -0.2) is 18.0 Å². The molecule has 1 saturated heterocycles. The quantitative estimate of drug-likeness (QED) is 0.771. The Kier molecular flexibility index (Phi) is 4.17. The first-order chi connectivity index (χ1) is 9.77. The van der Waals surface area contributed by atoms with Crippen molar-refractivity contribution in [3.63, 3.8) is 0 Å².